The highest BCUT2D eigenvalue weighted by Crippen LogP contribution is 2.37. The zero-order valence-corrected chi connectivity index (χ0v) is 20.7. The summed E-state index contributed by atoms with van der Waals surface area (Å²) < 4.78 is 19.8. The van der Waals surface area contributed by atoms with Crippen LogP contribution in [0.15, 0.2) is 18.5 Å². The van der Waals surface area contributed by atoms with Crippen LogP contribution < -0.4 is 10.4 Å². The molecule has 0 aliphatic carbocycles. The number of esters is 1. The van der Waals surface area contributed by atoms with Gasteiger partial charge in [-0.05, 0) is 54.5 Å². The quantitative estimate of drug-likeness (QED) is 0.531. The van der Waals surface area contributed by atoms with Gasteiger partial charge in [-0.15, -0.1) is 0 Å². The molecule has 2 aromatic rings. The SMILES string of the molecule is CC(C)(C)OC(=O)c1nc(N2CCn3cnc(C(=O)O)c3C2)ccc1B1OC(C)(C)C(C)(C)O1. The van der Waals surface area contributed by atoms with E-state index in [1.807, 2.05) is 37.2 Å². The van der Waals surface area contributed by atoms with Crippen molar-refractivity contribution in [2.45, 2.75) is 78.4 Å². The number of anilines is 1. The number of hydrogen-bond acceptors (Lipinski definition) is 8. The molecule has 0 unspecified atom stereocenters. The first-order valence-corrected chi connectivity index (χ1v) is 11.3. The van der Waals surface area contributed by atoms with Crippen LogP contribution in [0.1, 0.15) is 75.1 Å². The molecule has 10 nitrogen and oxygen atoms in total. The van der Waals surface area contributed by atoms with Crippen LogP contribution >= 0.6 is 0 Å². The predicted molar refractivity (Wildman–Crippen MR) is 125 cm³/mol. The summed E-state index contributed by atoms with van der Waals surface area (Å²) in [6, 6.07) is 3.56. The number of carboxylic acids is 1. The molecule has 0 atom stereocenters. The molecule has 0 bridgehead atoms. The lowest BCUT2D eigenvalue weighted by atomic mass is 9.77. The summed E-state index contributed by atoms with van der Waals surface area (Å²) in [5, 5.41) is 9.45. The fraction of sp³-hybridized carbons (Fsp3) is 0.565. The first-order chi connectivity index (χ1) is 15.7. The number of imidazole rings is 1. The zero-order valence-electron chi connectivity index (χ0n) is 20.7. The number of aromatic nitrogens is 3. The summed E-state index contributed by atoms with van der Waals surface area (Å²) >= 11 is 0. The molecule has 0 saturated carbocycles. The average molecular weight is 470 g/mol. The van der Waals surface area contributed by atoms with Crippen molar-refractivity contribution in [3.8, 4) is 0 Å². The van der Waals surface area contributed by atoms with Gasteiger partial charge in [0.25, 0.3) is 0 Å². The van der Waals surface area contributed by atoms with Crippen molar-refractivity contribution in [2.75, 3.05) is 11.4 Å². The highest BCUT2D eigenvalue weighted by Gasteiger charge is 2.53. The number of hydrogen-bond donors (Lipinski definition) is 1. The Bertz CT molecular complexity index is 1120. The minimum absolute atomic E-state index is 0.0194. The van der Waals surface area contributed by atoms with E-state index in [0.29, 0.717) is 36.6 Å². The molecule has 2 aliphatic rings. The second-order valence-corrected chi connectivity index (χ2v) is 10.7. The number of carbonyl (C=O) groups is 2. The number of nitrogens with zero attached hydrogens (tertiary/aromatic N) is 4. The molecule has 0 spiro atoms. The molecule has 2 aliphatic heterocycles. The number of carboxylic acid groups (broad SMARTS) is 1. The molecule has 11 heteroatoms. The molecule has 2 aromatic heterocycles. The maximum atomic E-state index is 13.2. The first-order valence-electron chi connectivity index (χ1n) is 11.3. The Morgan fingerprint density at radius 3 is 2.32 bits per heavy atom. The van der Waals surface area contributed by atoms with Gasteiger partial charge < -0.3 is 28.6 Å². The van der Waals surface area contributed by atoms with Crippen LogP contribution in [0.3, 0.4) is 0 Å². The van der Waals surface area contributed by atoms with Crippen LogP contribution in [0.25, 0.3) is 0 Å². The Morgan fingerprint density at radius 2 is 1.74 bits per heavy atom. The van der Waals surface area contributed by atoms with Crippen molar-refractivity contribution >= 4 is 30.3 Å². The van der Waals surface area contributed by atoms with Gasteiger partial charge in [0.2, 0.25) is 0 Å². The van der Waals surface area contributed by atoms with Crippen molar-refractivity contribution in [1.82, 2.24) is 14.5 Å². The second kappa shape index (κ2) is 8.09. The molecule has 0 radical (unpaired) electrons. The number of rotatable bonds is 4. The maximum Gasteiger partial charge on any atom is 0.497 e. The minimum Gasteiger partial charge on any atom is -0.476 e. The number of pyridine rings is 1. The molecular weight excluding hydrogens is 439 g/mol. The number of ether oxygens (including phenoxy) is 1. The average Bonchev–Trinajstić information content (AvgIpc) is 3.23. The monoisotopic (exact) mass is 470 g/mol. The summed E-state index contributed by atoms with van der Waals surface area (Å²) in [6.07, 6.45) is 1.54. The molecule has 0 amide bonds. The summed E-state index contributed by atoms with van der Waals surface area (Å²) in [7, 11) is -0.782. The summed E-state index contributed by atoms with van der Waals surface area (Å²) in [5.41, 5.74) is -0.663. The van der Waals surface area contributed by atoms with Crippen molar-refractivity contribution in [3.63, 3.8) is 0 Å². The highest BCUT2D eigenvalue weighted by atomic mass is 16.7. The van der Waals surface area contributed by atoms with Crippen LogP contribution in [-0.2, 0) is 27.1 Å². The largest absolute Gasteiger partial charge is 0.497 e. The number of aromatic carboxylic acids is 1. The number of carbonyl (C=O) groups excluding carboxylic acids is 1. The van der Waals surface area contributed by atoms with E-state index in [1.54, 1.807) is 32.9 Å². The summed E-state index contributed by atoms with van der Waals surface area (Å²) in [5.74, 6) is -1.12. The van der Waals surface area contributed by atoms with Gasteiger partial charge in [0, 0.05) is 18.6 Å². The van der Waals surface area contributed by atoms with Crippen LogP contribution in [0, 0.1) is 0 Å². The first kappa shape index (κ1) is 24.2. The third-order valence-corrected chi connectivity index (χ3v) is 6.44. The second-order valence-electron chi connectivity index (χ2n) is 10.7. The van der Waals surface area contributed by atoms with Gasteiger partial charge in [-0.2, -0.15) is 0 Å². The Labute approximate surface area is 199 Å². The van der Waals surface area contributed by atoms with Crippen molar-refractivity contribution in [1.29, 1.82) is 0 Å². The standard InChI is InChI=1S/C23H31BN4O6/c1-21(2,3)32-20(31)17-14(24-33-22(4,5)23(6,7)34-24)8-9-16(26-17)27-10-11-28-13-25-18(19(29)30)15(28)12-27/h8-9,13H,10-12H2,1-7H3,(H,29,30). The fourth-order valence-corrected chi connectivity index (χ4v) is 3.91. The molecular formula is C23H31BN4O6. The van der Waals surface area contributed by atoms with Gasteiger partial charge >= 0.3 is 19.1 Å². The molecule has 4 rings (SSSR count). The van der Waals surface area contributed by atoms with Crippen molar-refractivity contribution < 1.29 is 28.7 Å². The lowest BCUT2D eigenvalue weighted by Gasteiger charge is -2.32. The van der Waals surface area contributed by atoms with E-state index in [4.69, 9.17) is 14.0 Å². The van der Waals surface area contributed by atoms with Gasteiger partial charge in [-0.1, -0.05) is 6.07 Å². The molecule has 34 heavy (non-hydrogen) atoms. The van der Waals surface area contributed by atoms with Crippen LogP contribution in [0.2, 0.25) is 0 Å². The van der Waals surface area contributed by atoms with Crippen LogP contribution in [0.4, 0.5) is 5.82 Å². The van der Waals surface area contributed by atoms with Gasteiger partial charge in [-0.3, -0.25) is 0 Å². The van der Waals surface area contributed by atoms with Crippen molar-refractivity contribution in [3.05, 3.63) is 35.5 Å². The minimum atomic E-state index is -1.07. The lowest BCUT2D eigenvalue weighted by molar-refractivity contribution is 0.00578. The summed E-state index contributed by atoms with van der Waals surface area (Å²) in [6.45, 7) is 14.6. The van der Waals surface area contributed by atoms with Gasteiger partial charge in [0.15, 0.2) is 11.4 Å². The molecule has 0 aromatic carbocycles. The van der Waals surface area contributed by atoms with Crippen LogP contribution in [-0.4, -0.2) is 62.0 Å². The van der Waals surface area contributed by atoms with E-state index in [9.17, 15) is 14.7 Å². The van der Waals surface area contributed by atoms with Gasteiger partial charge in [0.1, 0.15) is 11.4 Å². The molecule has 1 N–H and O–H groups in total. The molecule has 1 saturated heterocycles. The Kier molecular flexibility index (Phi) is 5.76. The van der Waals surface area contributed by atoms with E-state index < -0.39 is 35.9 Å². The van der Waals surface area contributed by atoms with Crippen LogP contribution in [0.5, 0.6) is 0 Å². The fourth-order valence-electron chi connectivity index (χ4n) is 3.91. The zero-order chi connectivity index (χ0) is 25.1. The maximum absolute atomic E-state index is 13.2. The van der Waals surface area contributed by atoms with E-state index in [-0.39, 0.29) is 11.4 Å². The molecule has 182 valence electrons. The smallest absolute Gasteiger partial charge is 0.476 e. The van der Waals surface area contributed by atoms with E-state index in [2.05, 4.69) is 9.97 Å². The topological polar surface area (TPSA) is 116 Å². The highest BCUT2D eigenvalue weighted by molar-refractivity contribution is 6.63. The third-order valence-electron chi connectivity index (χ3n) is 6.44. The molecule has 1 fully saturated rings. The van der Waals surface area contributed by atoms with Gasteiger partial charge in [0.05, 0.1) is 29.8 Å². The normalized spacial score (nSPS) is 19.1. The number of fused-ring (bicyclic) bond motifs is 1. The Hall–Kier alpha value is -2.92. The summed E-state index contributed by atoms with van der Waals surface area (Å²) in [4.78, 5) is 35.3. The lowest BCUT2D eigenvalue weighted by Crippen LogP contribution is -2.41. The Balaban J connectivity index is 1.71. The van der Waals surface area contributed by atoms with Gasteiger partial charge in [-0.25, -0.2) is 19.6 Å². The van der Waals surface area contributed by atoms with E-state index in [1.165, 1.54) is 6.33 Å². The predicted octanol–water partition coefficient (Wildman–Crippen LogP) is 2.25. The van der Waals surface area contributed by atoms with E-state index >= 15 is 0 Å². The molecule has 4 heterocycles. The Morgan fingerprint density at radius 1 is 1.09 bits per heavy atom. The van der Waals surface area contributed by atoms with Crippen molar-refractivity contribution in [2.24, 2.45) is 0 Å². The van der Waals surface area contributed by atoms with E-state index in [0.717, 1.165) is 0 Å². The third kappa shape index (κ3) is 4.41.